The third kappa shape index (κ3) is 2.95. The summed E-state index contributed by atoms with van der Waals surface area (Å²) >= 11 is 12.0. The van der Waals surface area contributed by atoms with E-state index in [1.165, 1.54) is 11.1 Å². The highest BCUT2D eigenvalue weighted by molar-refractivity contribution is 6.42. The highest BCUT2D eigenvalue weighted by Crippen LogP contribution is 2.29. The molecule has 0 saturated carbocycles. The molecule has 2 aromatic rings. The van der Waals surface area contributed by atoms with Crippen molar-refractivity contribution in [2.75, 3.05) is 0 Å². The lowest BCUT2D eigenvalue weighted by Crippen LogP contribution is -1.88. The van der Waals surface area contributed by atoms with Gasteiger partial charge in [0.1, 0.15) is 0 Å². The van der Waals surface area contributed by atoms with E-state index in [4.69, 9.17) is 23.2 Å². The lowest BCUT2D eigenvalue weighted by atomic mass is 9.97. The molecule has 0 aliphatic rings. The Morgan fingerprint density at radius 1 is 0.944 bits per heavy atom. The van der Waals surface area contributed by atoms with Gasteiger partial charge in [-0.3, -0.25) is 0 Å². The van der Waals surface area contributed by atoms with Gasteiger partial charge in [-0.1, -0.05) is 72.6 Å². The van der Waals surface area contributed by atoms with Gasteiger partial charge in [0.2, 0.25) is 0 Å². The van der Waals surface area contributed by atoms with Gasteiger partial charge in [-0.25, -0.2) is 0 Å². The van der Waals surface area contributed by atoms with Crippen LogP contribution < -0.4 is 0 Å². The van der Waals surface area contributed by atoms with Crippen LogP contribution in [0.25, 0.3) is 5.57 Å². The molecule has 2 heteroatoms. The van der Waals surface area contributed by atoms with Crippen molar-refractivity contribution in [1.29, 1.82) is 0 Å². The zero-order chi connectivity index (χ0) is 13.0. The van der Waals surface area contributed by atoms with Crippen LogP contribution in [0.2, 0.25) is 10.0 Å². The Hall–Kier alpha value is -1.24. The first-order valence-electron chi connectivity index (χ1n) is 5.93. The molecule has 0 radical (unpaired) electrons. The monoisotopic (exact) mass is 276 g/mol. The molecule has 0 aliphatic heterocycles. The van der Waals surface area contributed by atoms with Gasteiger partial charge in [-0.05, 0) is 35.3 Å². The van der Waals surface area contributed by atoms with E-state index in [1.54, 1.807) is 0 Å². The number of allylic oxidation sites excluding steroid dienone is 1. The standard InChI is InChI=1S/C16H14Cl2/c1-2-6-14(12-7-4-3-5-8-12)13-9-10-15(17)16(18)11-13/h3-11H,2H2,1H3. The Balaban J connectivity index is 2.49. The van der Waals surface area contributed by atoms with Gasteiger partial charge in [-0.15, -0.1) is 0 Å². The Morgan fingerprint density at radius 3 is 2.28 bits per heavy atom. The Morgan fingerprint density at radius 2 is 1.67 bits per heavy atom. The van der Waals surface area contributed by atoms with Crippen molar-refractivity contribution in [3.63, 3.8) is 0 Å². The van der Waals surface area contributed by atoms with Crippen molar-refractivity contribution in [1.82, 2.24) is 0 Å². The smallest absolute Gasteiger partial charge is 0.0598 e. The van der Waals surface area contributed by atoms with E-state index in [2.05, 4.69) is 25.1 Å². The molecule has 2 rings (SSSR count). The summed E-state index contributed by atoms with van der Waals surface area (Å²) in [6.07, 6.45) is 3.18. The molecular formula is C16H14Cl2. The predicted octanol–water partition coefficient (Wildman–Crippen LogP) is 5.84. The van der Waals surface area contributed by atoms with Crippen LogP contribution in [0, 0.1) is 0 Å². The van der Waals surface area contributed by atoms with Gasteiger partial charge in [0, 0.05) is 0 Å². The molecule has 2 aromatic carbocycles. The van der Waals surface area contributed by atoms with Crippen molar-refractivity contribution in [2.45, 2.75) is 13.3 Å². The van der Waals surface area contributed by atoms with E-state index in [9.17, 15) is 0 Å². The number of hydrogen-bond donors (Lipinski definition) is 0. The average molecular weight is 277 g/mol. The first-order valence-corrected chi connectivity index (χ1v) is 6.69. The predicted molar refractivity (Wildman–Crippen MR) is 80.3 cm³/mol. The second-order valence-corrected chi connectivity index (χ2v) is 4.84. The summed E-state index contributed by atoms with van der Waals surface area (Å²) in [6, 6.07) is 16.1. The van der Waals surface area contributed by atoms with E-state index in [0.29, 0.717) is 10.0 Å². The van der Waals surface area contributed by atoms with Crippen molar-refractivity contribution in [3.8, 4) is 0 Å². The summed E-state index contributed by atoms with van der Waals surface area (Å²) in [5.41, 5.74) is 3.48. The number of rotatable bonds is 3. The maximum Gasteiger partial charge on any atom is 0.0598 e. The molecule has 0 fully saturated rings. The normalized spacial score (nSPS) is 11.6. The van der Waals surface area contributed by atoms with Gasteiger partial charge >= 0.3 is 0 Å². The molecule has 0 nitrogen and oxygen atoms in total. The molecule has 0 bridgehead atoms. The quantitative estimate of drug-likeness (QED) is 0.661. The number of benzene rings is 2. The van der Waals surface area contributed by atoms with Crippen LogP contribution in [-0.2, 0) is 0 Å². The molecule has 0 saturated heterocycles. The van der Waals surface area contributed by atoms with E-state index >= 15 is 0 Å². The lowest BCUT2D eigenvalue weighted by molar-refractivity contribution is 1.22. The zero-order valence-electron chi connectivity index (χ0n) is 10.2. The fourth-order valence-corrected chi connectivity index (χ4v) is 2.19. The van der Waals surface area contributed by atoms with E-state index in [-0.39, 0.29) is 0 Å². The van der Waals surface area contributed by atoms with Gasteiger partial charge in [0.25, 0.3) is 0 Å². The number of hydrogen-bond acceptors (Lipinski definition) is 0. The summed E-state index contributed by atoms with van der Waals surface area (Å²) in [6.45, 7) is 2.13. The maximum atomic E-state index is 6.09. The van der Waals surface area contributed by atoms with Crippen LogP contribution in [-0.4, -0.2) is 0 Å². The van der Waals surface area contributed by atoms with Crippen LogP contribution in [0.4, 0.5) is 0 Å². The topological polar surface area (TPSA) is 0 Å². The fraction of sp³-hybridized carbons (Fsp3) is 0.125. The highest BCUT2D eigenvalue weighted by Gasteiger charge is 2.06. The minimum atomic E-state index is 0.587. The maximum absolute atomic E-state index is 6.09. The SMILES string of the molecule is CCC=C(c1ccccc1)c1ccc(Cl)c(Cl)c1. The molecule has 0 heterocycles. The van der Waals surface area contributed by atoms with Crippen LogP contribution in [0.15, 0.2) is 54.6 Å². The molecule has 18 heavy (non-hydrogen) atoms. The minimum Gasteiger partial charge on any atom is -0.0827 e. The van der Waals surface area contributed by atoms with Crippen LogP contribution in [0.3, 0.4) is 0 Å². The van der Waals surface area contributed by atoms with Crippen molar-refractivity contribution >= 4 is 28.8 Å². The fourth-order valence-electron chi connectivity index (χ4n) is 1.89. The molecular weight excluding hydrogens is 263 g/mol. The summed E-state index contributed by atoms with van der Waals surface area (Å²) in [5.74, 6) is 0. The van der Waals surface area contributed by atoms with Gasteiger partial charge < -0.3 is 0 Å². The molecule has 0 amide bonds. The zero-order valence-corrected chi connectivity index (χ0v) is 11.7. The van der Waals surface area contributed by atoms with Crippen molar-refractivity contribution < 1.29 is 0 Å². The van der Waals surface area contributed by atoms with Gasteiger partial charge in [0.05, 0.1) is 10.0 Å². The molecule has 0 aliphatic carbocycles. The van der Waals surface area contributed by atoms with Crippen LogP contribution in [0.1, 0.15) is 24.5 Å². The van der Waals surface area contributed by atoms with E-state index in [1.807, 2.05) is 36.4 Å². The highest BCUT2D eigenvalue weighted by atomic mass is 35.5. The molecule has 0 N–H and O–H groups in total. The molecule has 92 valence electrons. The Kier molecular flexibility index (Phi) is 4.46. The second-order valence-electron chi connectivity index (χ2n) is 4.02. The van der Waals surface area contributed by atoms with Crippen molar-refractivity contribution in [2.24, 2.45) is 0 Å². The second kappa shape index (κ2) is 6.08. The van der Waals surface area contributed by atoms with Crippen LogP contribution >= 0.6 is 23.2 Å². The summed E-state index contributed by atoms with van der Waals surface area (Å²) in [4.78, 5) is 0. The lowest BCUT2D eigenvalue weighted by Gasteiger charge is -2.09. The molecule has 0 spiro atoms. The number of halogens is 2. The van der Waals surface area contributed by atoms with Crippen molar-refractivity contribution in [3.05, 3.63) is 75.8 Å². The summed E-state index contributed by atoms with van der Waals surface area (Å²) in [7, 11) is 0. The molecule has 0 unspecified atom stereocenters. The average Bonchev–Trinajstić information content (AvgIpc) is 2.40. The van der Waals surface area contributed by atoms with E-state index < -0.39 is 0 Å². The van der Waals surface area contributed by atoms with Gasteiger partial charge in [0.15, 0.2) is 0 Å². The van der Waals surface area contributed by atoms with Gasteiger partial charge in [-0.2, -0.15) is 0 Å². The Bertz CT molecular complexity index is 557. The summed E-state index contributed by atoms with van der Waals surface area (Å²) in [5, 5.41) is 1.18. The Labute approximate surface area is 118 Å². The first-order chi connectivity index (χ1) is 8.72. The summed E-state index contributed by atoms with van der Waals surface area (Å²) < 4.78 is 0. The minimum absolute atomic E-state index is 0.587. The molecule has 0 aromatic heterocycles. The third-order valence-corrected chi connectivity index (χ3v) is 3.46. The van der Waals surface area contributed by atoms with E-state index in [0.717, 1.165) is 12.0 Å². The molecule has 0 atom stereocenters. The largest absolute Gasteiger partial charge is 0.0827 e. The third-order valence-electron chi connectivity index (χ3n) is 2.72. The van der Waals surface area contributed by atoms with Crippen LogP contribution in [0.5, 0.6) is 0 Å². The first kappa shape index (κ1) is 13.2.